The number of hydrogen-bond acceptors (Lipinski definition) is 8. The van der Waals surface area contributed by atoms with Gasteiger partial charge in [-0.05, 0) is 25.0 Å². The first-order valence-corrected chi connectivity index (χ1v) is 10.2. The Hall–Kier alpha value is -3.01. The number of carbonyl (C=O) groups excluding carboxylic acids is 1. The normalized spacial score (nSPS) is 19.5. The van der Waals surface area contributed by atoms with E-state index < -0.39 is 4.92 Å². The fourth-order valence-corrected chi connectivity index (χ4v) is 3.94. The molecule has 0 saturated carbocycles. The minimum absolute atomic E-state index is 0.0893. The zero-order valence-corrected chi connectivity index (χ0v) is 17.1. The van der Waals surface area contributed by atoms with Crippen molar-refractivity contribution in [3.63, 3.8) is 0 Å². The predicted molar refractivity (Wildman–Crippen MR) is 108 cm³/mol. The number of nitrogens with zero attached hydrogens (tertiary/aromatic N) is 5. The Bertz CT molecular complexity index is 937. The van der Waals surface area contributed by atoms with Crippen LogP contribution in [0.3, 0.4) is 0 Å². The van der Waals surface area contributed by atoms with E-state index in [1.807, 2.05) is 18.7 Å². The molecule has 2 fully saturated rings. The molecule has 1 aromatic carbocycles. The number of hydrogen-bond donors (Lipinski definition) is 0. The number of aromatic nitrogens is 2. The second-order valence-electron chi connectivity index (χ2n) is 7.86. The first-order valence-electron chi connectivity index (χ1n) is 10.2. The van der Waals surface area contributed by atoms with Gasteiger partial charge >= 0.3 is 0 Å². The number of nitro groups is 1. The maximum atomic E-state index is 12.8. The Balaban J connectivity index is 1.63. The molecule has 0 aliphatic carbocycles. The Morgan fingerprint density at radius 2 is 2.03 bits per heavy atom. The second kappa shape index (κ2) is 8.39. The Morgan fingerprint density at radius 3 is 2.70 bits per heavy atom. The topological polar surface area (TPSA) is 115 Å². The third-order valence-corrected chi connectivity index (χ3v) is 5.53. The van der Waals surface area contributed by atoms with Crippen LogP contribution in [0.15, 0.2) is 22.7 Å². The van der Waals surface area contributed by atoms with E-state index >= 15 is 0 Å². The molecule has 1 amide bonds. The van der Waals surface area contributed by atoms with Crippen molar-refractivity contribution in [3.05, 3.63) is 45.6 Å². The minimum atomic E-state index is -0.434. The van der Waals surface area contributed by atoms with Gasteiger partial charge in [-0.2, -0.15) is 4.98 Å². The first-order chi connectivity index (χ1) is 14.5. The minimum Gasteiger partial charge on any atom is -0.378 e. The van der Waals surface area contributed by atoms with Crippen LogP contribution in [-0.4, -0.2) is 58.7 Å². The SMILES string of the molecule is CC(C)c1nc(C2CCCN2c2ccc(C(=O)N3CCOCC3)cc2[N+](=O)[O-])no1. The Kier molecular flexibility index (Phi) is 5.67. The summed E-state index contributed by atoms with van der Waals surface area (Å²) >= 11 is 0. The zero-order chi connectivity index (χ0) is 21.3. The van der Waals surface area contributed by atoms with Gasteiger partial charge in [0, 0.05) is 37.2 Å². The Morgan fingerprint density at radius 1 is 1.27 bits per heavy atom. The zero-order valence-electron chi connectivity index (χ0n) is 17.1. The summed E-state index contributed by atoms with van der Waals surface area (Å²) in [6.07, 6.45) is 1.64. The van der Waals surface area contributed by atoms with E-state index in [-0.39, 0.29) is 23.6 Å². The van der Waals surface area contributed by atoms with Gasteiger partial charge in [-0.15, -0.1) is 0 Å². The smallest absolute Gasteiger partial charge is 0.293 e. The van der Waals surface area contributed by atoms with Gasteiger partial charge in [0.2, 0.25) is 5.89 Å². The molecule has 1 atom stereocenters. The third-order valence-electron chi connectivity index (χ3n) is 5.53. The molecule has 10 heteroatoms. The summed E-state index contributed by atoms with van der Waals surface area (Å²) < 4.78 is 10.6. The van der Waals surface area contributed by atoms with Gasteiger partial charge in [-0.1, -0.05) is 19.0 Å². The lowest BCUT2D eigenvalue weighted by molar-refractivity contribution is -0.384. The molecule has 0 spiro atoms. The van der Waals surface area contributed by atoms with Gasteiger partial charge in [-0.25, -0.2) is 0 Å². The van der Waals surface area contributed by atoms with Gasteiger partial charge < -0.3 is 19.1 Å². The van der Waals surface area contributed by atoms with E-state index in [0.29, 0.717) is 55.8 Å². The number of rotatable bonds is 5. The van der Waals surface area contributed by atoms with Crippen LogP contribution < -0.4 is 4.90 Å². The van der Waals surface area contributed by atoms with Crippen LogP contribution in [0.5, 0.6) is 0 Å². The largest absolute Gasteiger partial charge is 0.378 e. The van der Waals surface area contributed by atoms with E-state index in [2.05, 4.69) is 10.1 Å². The van der Waals surface area contributed by atoms with Crippen molar-refractivity contribution in [3.8, 4) is 0 Å². The standard InChI is InChI=1S/C20H25N5O5/c1-13(2)19-21-18(22-30-19)16-4-3-7-24(16)15-6-5-14(12-17(15)25(27)28)20(26)23-8-10-29-11-9-23/h5-6,12-13,16H,3-4,7-11H2,1-2H3. The molecule has 0 radical (unpaired) electrons. The number of benzene rings is 1. The van der Waals surface area contributed by atoms with E-state index in [0.717, 1.165) is 12.8 Å². The number of morpholine rings is 1. The third kappa shape index (κ3) is 3.87. The lowest BCUT2D eigenvalue weighted by Crippen LogP contribution is -2.40. The van der Waals surface area contributed by atoms with Gasteiger partial charge in [0.25, 0.3) is 11.6 Å². The maximum absolute atomic E-state index is 12.8. The molecule has 1 aromatic heterocycles. The maximum Gasteiger partial charge on any atom is 0.293 e. The van der Waals surface area contributed by atoms with E-state index in [1.54, 1.807) is 17.0 Å². The average molecular weight is 415 g/mol. The van der Waals surface area contributed by atoms with Crippen molar-refractivity contribution in [2.24, 2.45) is 0 Å². The van der Waals surface area contributed by atoms with Crippen molar-refractivity contribution in [2.75, 3.05) is 37.7 Å². The molecule has 160 valence electrons. The summed E-state index contributed by atoms with van der Waals surface area (Å²) in [5.74, 6) is 0.989. The molecule has 2 saturated heterocycles. The summed E-state index contributed by atoms with van der Waals surface area (Å²) in [5, 5.41) is 16.0. The number of amides is 1. The highest BCUT2D eigenvalue weighted by atomic mass is 16.6. The summed E-state index contributed by atoms with van der Waals surface area (Å²) in [6, 6.07) is 4.50. The highest BCUT2D eigenvalue weighted by Crippen LogP contribution is 2.40. The first kappa shape index (κ1) is 20.3. The molecule has 4 rings (SSSR count). The fourth-order valence-electron chi connectivity index (χ4n) is 3.94. The molecule has 0 bridgehead atoms. The number of anilines is 1. The summed E-state index contributed by atoms with van der Waals surface area (Å²) in [5.41, 5.74) is 0.690. The van der Waals surface area contributed by atoms with Gasteiger partial charge in [0.05, 0.1) is 24.2 Å². The van der Waals surface area contributed by atoms with E-state index in [4.69, 9.17) is 9.26 Å². The highest BCUT2D eigenvalue weighted by Gasteiger charge is 2.34. The van der Waals surface area contributed by atoms with Crippen molar-refractivity contribution < 1.29 is 19.0 Å². The molecule has 10 nitrogen and oxygen atoms in total. The van der Waals surface area contributed by atoms with E-state index in [1.165, 1.54) is 6.07 Å². The lowest BCUT2D eigenvalue weighted by Gasteiger charge is -2.27. The average Bonchev–Trinajstić information content (AvgIpc) is 3.43. The molecule has 0 N–H and O–H groups in total. The van der Waals surface area contributed by atoms with Crippen LogP contribution in [0, 0.1) is 10.1 Å². The van der Waals surface area contributed by atoms with Crippen LogP contribution in [-0.2, 0) is 4.74 Å². The molecule has 2 aliphatic rings. The van der Waals surface area contributed by atoms with Crippen LogP contribution in [0.2, 0.25) is 0 Å². The van der Waals surface area contributed by atoms with Crippen LogP contribution in [0.25, 0.3) is 0 Å². The summed E-state index contributed by atoms with van der Waals surface area (Å²) in [6.45, 7) is 6.51. The monoisotopic (exact) mass is 415 g/mol. The molecule has 2 aliphatic heterocycles. The van der Waals surface area contributed by atoms with Gasteiger partial charge in [0.15, 0.2) is 5.82 Å². The molecular weight excluding hydrogens is 390 g/mol. The van der Waals surface area contributed by atoms with Crippen molar-refractivity contribution >= 4 is 17.3 Å². The molecule has 3 heterocycles. The second-order valence-corrected chi connectivity index (χ2v) is 7.86. The van der Waals surface area contributed by atoms with Crippen LogP contribution >= 0.6 is 0 Å². The summed E-state index contributed by atoms with van der Waals surface area (Å²) in [4.78, 5) is 32.3. The van der Waals surface area contributed by atoms with Gasteiger partial charge in [0.1, 0.15) is 5.69 Å². The number of nitro benzene ring substituents is 1. The highest BCUT2D eigenvalue weighted by molar-refractivity contribution is 5.96. The van der Waals surface area contributed by atoms with Crippen molar-refractivity contribution in [1.82, 2.24) is 15.0 Å². The van der Waals surface area contributed by atoms with Crippen LogP contribution in [0.4, 0.5) is 11.4 Å². The molecule has 2 aromatic rings. The molecular formula is C20H25N5O5. The predicted octanol–water partition coefficient (Wildman–Crippen LogP) is 2.92. The van der Waals surface area contributed by atoms with E-state index in [9.17, 15) is 14.9 Å². The Labute approximate surface area is 173 Å². The van der Waals surface area contributed by atoms with Crippen LogP contribution in [0.1, 0.15) is 60.7 Å². The number of carbonyl (C=O) groups is 1. The fraction of sp³-hybridized carbons (Fsp3) is 0.550. The lowest BCUT2D eigenvalue weighted by atomic mass is 10.1. The van der Waals surface area contributed by atoms with Crippen molar-refractivity contribution in [2.45, 2.75) is 38.6 Å². The molecule has 30 heavy (non-hydrogen) atoms. The summed E-state index contributed by atoms with van der Waals surface area (Å²) in [7, 11) is 0. The number of ether oxygens (including phenoxy) is 1. The molecule has 1 unspecified atom stereocenters. The van der Waals surface area contributed by atoms with Gasteiger partial charge in [-0.3, -0.25) is 14.9 Å². The quantitative estimate of drug-likeness (QED) is 0.541. The van der Waals surface area contributed by atoms with Crippen molar-refractivity contribution in [1.29, 1.82) is 0 Å².